The Hall–Kier alpha value is -3.02. The van der Waals surface area contributed by atoms with Crippen LogP contribution in [0.5, 0.6) is 11.5 Å². The van der Waals surface area contributed by atoms with Gasteiger partial charge in [0, 0.05) is 0 Å². The van der Waals surface area contributed by atoms with Gasteiger partial charge in [-0.25, -0.2) is 0 Å². The number of carboxylic acid groups (broad SMARTS) is 1. The smallest absolute Gasteiger partial charge is 0.317 e. The van der Waals surface area contributed by atoms with Crippen LogP contribution in [-0.2, 0) is 14.3 Å². The number of carbonyl (C=O) groups is 2. The van der Waals surface area contributed by atoms with Crippen molar-refractivity contribution in [2.45, 2.75) is 12.7 Å². The van der Waals surface area contributed by atoms with Gasteiger partial charge in [-0.1, -0.05) is 36.4 Å². The number of carboxylic acids is 1. The molecule has 0 aromatic heterocycles. The summed E-state index contributed by atoms with van der Waals surface area (Å²) in [7, 11) is 0. The minimum Gasteiger partial charge on any atom is -0.481 e. The first-order valence-corrected chi connectivity index (χ1v) is 6.94. The molecule has 0 saturated heterocycles. The number of esters is 1. The zero-order valence-electron chi connectivity index (χ0n) is 12.3. The van der Waals surface area contributed by atoms with Crippen molar-refractivity contribution in [2.24, 2.45) is 0 Å². The molecule has 0 aliphatic heterocycles. The number of benzene rings is 2. The Balaban J connectivity index is 1.99. The van der Waals surface area contributed by atoms with E-state index in [1.54, 1.807) is 48.5 Å². The lowest BCUT2D eigenvalue weighted by Gasteiger charge is -2.20. The van der Waals surface area contributed by atoms with E-state index in [2.05, 4.69) is 0 Å². The summed E-state index contributed by atoms with van der Waals surface area (Å²) in [6, 6.07) is 17.8. The lowest BCUT2D eigenvalue weighted by Crippen LogP contribution is -2.31. The first kappa shape index (κ1) is 16.4. The second kappa shape index (κ2) is 8.43. The van der Waals surface area contributed by atoms with Crippen LogP contribution in [0.2, 0.25) is 0 Å². The van der Waals surface area contributed by atoms with Crippen LogP contribution in [0.15, 0.2) is 60.7 Å². The Morgan fingerprint density at radius 1 is 0.870 bits per heavy atom. The van der Waals surface area contributed by atoms with E-state index in [0.29, 0.717) is 11.5 Å². The Morgan fingerprint density at radius 3 is 1.78 bits per heavy atom. The van der Waals surface area contributed by atoms with Crippen molar-refractivity contribution < 1.29 is 28.9 Å². The maximum atomic E-state index is 11.3. The SMILES string of the molecule is O=C(O)CC(=O)OCC(Oc1ccccc1)Oc1ccccc1. The lowest BCUT2D eigenvalue weighted by atomic mass is 10.3. The molecule has 2 aromatic carbocycles. The fourth-order valence-electron chi connectivity index (χ4n) is 1.73. The van der Waals surface area contributed by atoms with Gasteiger partial charge in [0.25, 0.3) is 6.29 Å². The van der Waals surface area contributed by atoms with Crippen LogP contribution < -0.4 is 9.47 Å². The van der Waals surface area contributed by atoms with Crippen LogP contribution in [0.1, 0.15) is 6.42 Å². The first-order valence-electron chi connectivity index (χ1n) is 6.94. The van der Waals surface area contributed by atoms with Crippen molar-refractivity contribution in [3.63, 3.8) is 0 Å². The molecule has 0 unspecified atom stereocenters. The molecule has 0 atom stereocenters. The first-order chi connectivity index (χ1) is 11.1. The molecule has 1 N–H and O–H groups in total. The van der Waals surface area contributed by atoms with Crippen LogP contribution in [0.25, 0.3) is 0 Å². The monoisotopic (exact) mass is 316 g/mol. The van der Waals surface area contributed by atoms with Gasteiger partial charge in [-0.15, -0.1) is 0 Å². The standard InChI is InChI=1S/C17H16O6/c18-15(19)11-16(20)21-12-17(22-13-7-3-1-4-8-13)23-14-9-5-2-6-10-14/h1-10,17H,11-12H2,(H,18,19). The molecule has 23 heavy (non-hydrogen) atoms. The summed E-state index contributed by atoms with van der Waals surface area (Å²) in [4.78, 5) is 21.8. The minimum atomic E-state index is -1.25. The number of carbonyl (C=O) groups excluding carboxylic acids is 1. The van der Waals surface area contributed by atoms with Gasteiger partial charge in [-0.2, -0.15) is 0 Å². The van der Waals surface area contributed by atoms with E-state index >= 15 is 0 Å². The molecule has 0 bridgehead atoms. The van der Waals surface area contributed by atoms with Crippen LogP contribution in [-0.4, -0.2) is 29.9 Å². The number of para-hydroxylation sites is 2. The van der Waals surface area contributed by atoms with Gasteiger partial charge >= 0.3 is 11.9 Å². The number of hydrogen-bond acceptors (Lipinski definition) is 5. The second-order valence-electron chi connectivity index (χ2n) is 4.54. The van der Waals surface area contributed by atoms with E-state index < -0.39 is 24.6 Å². The van der Waals surface area contributed by atoms with Crippen LogP contribution >= 0.6 is 0 Å². The van der Waals surface area contributed by atoms with E-state index in [0.717, 1.165) is 0 Å². The molecular formula is C17H16O6. The molecule has 2 rings (SSSR count). The third-order valence-corrected chi connectivity index (χ3v) is 2.70. The van der Waals surface area contributed by atoms with Gasteiger partial charge in [0.1, 0.15) is 17.9 Å². The number of hydrogen-bond donors (Lipinski definition) is 1. The zero-order valence-corrected chi connectivity index (χ0v) is 12.3. The summed E-state index contributed by atoms with van der Waals surface area (Å²) in [5, 5.41) is 8.56. The van der Waals surface area contributed by atoms with Crippen molar-refractivity contribution in [1.82, 2.24) is 0 Å². The van der Waals surface area contributed by atoms with Crippen LogP contribution in [0, 0.1) is 0 Å². The van der Waals surface area contributed by atoms with Gasteiger partial charge in [0.2, 0.25) is 0 Å². The predicted molar refractivity (Wildman–Crippen MR) is 81.1 cm³/mol. The minimum absolute atomic E-state index is 0.226. The number of aliphatic carboxylic acids is 1. The second-order valence-corrected chi connectivity index (χ2v) is 4.54. The van der Waals surface area contributed by atoms with Crippen molar-refractivity contribution in [1.29, 1.82) is 0 Å². The van der Waals surface area contributed by atoms with E-state index in [-0.39, 0.29) is 6.61 Å². The lowest BCUT2D eigenvalue weighted by molar-refractivity contribution is -0.157. The van der Waals surface area contributed by atoms with E-state index in [4.69, 9.17) is 19.3 Å². The van der Waals surface area contributed by atoms with Crippen LogP contribution in [0.4, 0.5) is 0 Å². The van der Waals surface area contributed by atoms with Gasteiger partial charge in [-0.05, 0) is 24.3 Å². The Kier molecular flexibility index (Phi) is 5.99. The highest BCUT2D eigenvalue weighted by atomic mass is 16.7. The largest absolute Gasteiger partial charge is 0.481 e. The molecule has 2 aromatic rings. The van der Waals surface area contributed by atoms with Gasteiger partial charge in [0.15, 0.2) is 6.61 Å². The maximum absolute atomic E-state index is 11.3. The normalized spacial score (nSPS) is 10.1. The average molecular weight is 316 g/mol. The summed E-state index contributed by atoms with van der Waals surface area (Å²) >= 11 is 0. The molecule has 0 fully saturated rings. The van der Waals surface area contributed by atoms with E-state index in [9.17, 15) is 9.59 Å². The highest BCUT2D eigenvalue weighted by Crippen LogP contribution is 2.16. The summed E-state index contributed by atoms with van der Waals surface area (Å²) in [5.74, 6) is -1.01. The summed E-state index contributed by atoms with van der Waals surface area (Å²) < 4.78 is 16.1. The summed E-state index contributed by atoms with van der Waals surface area (Å²) in [6.45, 7) is -0.226. The third-order valence-electron chi connectivity index (χ3n) is 2.70. The topological polar surface area (TPSA) is 82.1 Å². The van der Waals surface area contributed by atoms with Gasteiger partial charge < -0.3 is 19.3 Å². The molecule has 0 heterocycles. The molecular weight excluding hydrogens is 300 g/mol. The molecule has 6 nitrogen and oxygen atoms in total. The quantitative estimate of drug-likeness (QED) is 0.458. The fourth-order valence-corrected chi connectivity index (χ4v) is 1.73. The highest BCUT2D eigenvalue weighted by Gasteiger charge is 2.17. The number of ether oxygens (including phenoxy) is 3. The Morgan fingerprint density at radius 2 is 1.35 bits per heavy atom. The van der Waals surface area contributed by atoms with Gasteiger partial charge in [0.05, 0.1) is 0 Å². The van der Waals surface area contributed by atoms with Crippen molar-refractivity contribution >= 4 is 11.9 Å². The maximum Gasteiger partial charge on any atom is 0.317 e. The van der Waals surface area contributed by atoms with E-state index in [1.807, 2.05) is 12.1 Å². The molecule has 6 heteroatoms. The summed E-state index contributed by atoms with van der Waals surface area (Å²) in [5.41, 5.74) is 0. The van der Waals surface area contributed by atoms with Gasteiger partial charge in [-0.3, -0.25) is 9.59 Å². The average Bonchev–Trinajstić information content (AvgIpc) is 2.54. The molecule has 0 radical (unpaired) electrons. The molecule has 0 aliphatic carbocycles. The van der Waals surface area contributed by atoms with Crippen molar-refractivity contribution in [3.8, 4) is 11.5 Å². The molecule has 0 aliphatic rings. The molecule has 0 spiro atoms. The Labute approximate surface area is 133 Å². The predicted octanol–water partition coefficient (Wildman–Crippen LogP) is 2.49. The molecule has 120 valence electrons. The van der Waals surface area contributed by atoms with Crippen molar-refractivity contribution in [3.05, 3.63) is 60.7 Å². The summed E-state index contributed by atoms with van der Waals surface area (Å²) in [6.07, 6.45) is -1.60. The fraction of sp³-hybridized carbons (Fsp3) is 0.176. The van der Waals surface area contributed by atoms with Crippen molar-refractivity contribution in [2.75, 3.05) is 6.61 Å². The Bertz CT molecular complexity index is 585. The number of rotatable bonds is 8. The van der Waals surface area contributed by atoms with E-state index in [1.165, 1.54) is 0 Å². The van der Waals surface area contributed by atoms with Crippen LogP contribution in [0.3, 0.4) is 0 Å². The molecule has 0 amide bonds. The highest BCUT2D eigenvalue weighted by molar-refractivity contribution is 5.90. The molecule has 0 saturated carbocycles. The zero-order chi connectivity index (χ0) is 16.5. The third kappa shape index (κ3) is 6.09.